The second-order valence-corrected chi connectivity index (χ2v) is 4.26. The van der Waals surface area contributed by atoms with Crippen LogP contribution in [0.2, 0.25) is 0 Å². The Labute approximate surface area is 105 Å². The summed E-state index contributed by atoms with van der Waals surface area (Å²) in [7, 11) is 1.96. The van der Waals surface area contributed by atoms with Gasteiger partial charge in [-0.1, -0.05) is 18.2 Å². The minimum atomic E-state index is -0.214. The van der Waals surface area contributed by atoms with E-state index in [1.54, 1.807) is 6.20 Å². The lowest BCUT2D eigenvalue weighted by atomic mass is 10.1. The minimum absolute atomic E-state index is 0.0562. The van der Waals surface area contributed by atoms with Crippen molar-refractivity contribution in [2.24, 2.45) is 0 Å². The zero-order chi connectivity index (χ0) is 12.5. The van der Waals surface area contributed by atoms with Crippen LogP contribution in [0.4, 0.5) is 5.69 Å². The van der Waals surface area contributed by atoms with Crippen molar-refractivity contribution in [1.29, 1.82) is 0 Å². The predicted molar refractivity (Wildman–Crippen MR) is 69.3 cm³/mol. The van der Waals surface area contributed by atoms with E-state index < -0.39 is 0 Å². The topological polar surface area (TPSA) is 45.2 Å². The van der Waals surface area contributed by atoms with Crippen molar-refractivity contribution in [3.8, 4) is 0 Å². The third-order valence-corrected chi connectivity index (χ3v) is 3.15. The fraction of sp³-hybridized carbons (Fsp3) is 0.143. The minimum Gasteiger partial charge on any atom is -0.349 e. The molecule has 0 aliphatic carbocycles. The molecule has 1 atom stereocenters. The van der Waals surface area contributed by atoms with Crippen LogP contribution in [0.25, 0.3) is 0 Å². The van der Waals surface area contributed by atoms with Gasteiger partial charge in [-0.2, -0.15) is 0 Å². The van der Waals surface area contributed by atoms with Crippen LogP contribution in [0, 0.1) is 0 Å². The molecule has 4 nitrogen and oxygen atoms in total. The van der Waals surface area contributed by atoms with Crippen LogP contribution in [0.5, 0.6) is 0 Å². The number of rotatable bonds is 1. The number of para-hydroxylation sites is 1. The van der Waals surface area contributed by atoms with Gasteiger partial charge in [-0.15, -0.1) is 0 Å². The lowest BCUT2D eigenvalue weighted by Gasteiger charge is -2.35. The van der Waals surface area contributed by atoms with E-state index in [1.807, 2.05) is 54.4 Å². The fourth-order valence-corrected chi connectivity index (χ4v) is 2.22. The number of amides is 1. The predicted octanol–water partition coefficient (Wildman–Crippen LogP) is 1.96. The summed E-state index contributed by atoms with van der Waals surface area (Å²) in [4.78, 5) is 18.4. The van der Waals surface area contributed by atoms with E-state index in [2.05, 4.69) is 10.3 Å². The molecule has 3 rings (SSSR count). The second-order valence-electron chi connectivity index (χ2n) is 4.26. The highest BCUT2D eigenvalue weighted by Crippen LogP contribution is 2.30. The van der Waals surface area contributed by atoms with Gasteiger partial charge in [-0.05, 0) is 24.3 Å². The summed E-state index contributed by atoms with van der Waals surface area (Å²) in [5, 5.41) is 2.96. The summed E-state index contributed by atoms with van der Waals surface area (Å²) < 4.78 is 0. The highest BCUT2D eigenvalue weighted by Gasteiger charge is 2.29. The summed E-state index contributed by atoms with van der Waals surface area (Å²) in [6, 6.07) is 13.3. The van der Waals surface area contributed by atoms with Crippen molar-refractivity contribution in [1.82, 2.24) is 10.3 Å². The molecule has 4 heteroatoms. The molecule has 2 heterocycles. The average molecular weight is 239 g/mol. The van der Waals surface area contributed by atoms with E-state index in [0.29, 0.717) is 5.56 Å². The number of carbonyl (C=O) groups is 1. The van der Waals surface area contributed by atoms with Gasteiger partial charge in [0.05, 0.1) is 16.9 Å². The molecule has 1 amide bonds. The molecule has 0 saturated carbocycles. The summed E-state index contributed by atoms with van der Waals surface area (Å²) in [5.41, 5.74) is 2.46. The first-order valence-electron chi connectivity index (χ1n) is 5.81. The summed E-state index contributed by atoms with van der Waals surface area (Å²) >= 11 is 0. The molecule has 18 heavy (non-hydrogen) atoms. The number of benzene rings is 1. The summed E-state index contributed by atoms with van der Waals surface area (Å²) in [6.07, 6.45) is 1.52. The number of hydrogen-bond acceptors (Lipinski definition) is 3. The van der Waals surface area contributed by atoms with E-state index in [1.165, 1.54) is 0 Å². The van der Waals surface area contributed by atoms with Gasteiger partial charge < -0.3 is 10.2 Å². The van der Waals surface area contributed by atoms with Crippen LogP contribution < -0.4 is 10.2 Å². The van der Waals surface area contributed by atoms with Crippen molar-refractivity contribution in [3.63, 3.8) is 0 Å². The molecule has 1 unspecified atom stereocenters. The number of carbonyl (C=O) groups excluding carboxylic acids is 1. The molecule has 0 saturated heterocycles. The third kappa shape index (κ3) is 1.62. The van der Waals surface area contributed by atoms with Gasteiger partial charge >= 0.3 is 0 Å². The molecule has 0 radical (unpaired) electrons. The maximum atomic E-state index is 12.0. The highest BCUT2D eigenvalue weighted by molar-refractivity contribution is 6.01. The van der Waals surface area contributed by atoms with E-state index in [4.69, 9.17) is 0 Å². The second kappa shape index (κ2) is 4.14. The summed E-state index contributed by atoms with van der Waals surface area (Å²) in [5.74, 6) is -0.0562. The Balaban J connectivity index is 2.05. The highest BCUT2D eigenvalue weighted by atomic mass is 16.2. The quantitative estimate of drug-likeness (QED) is 0.827. The first kappa shape index (κ1) is 10.8. The first-order chi connectivity index (χ1) is 8.77. The van der Waals surface area contributed by atoms with Crippen LogP contribution in [0.3, 0.4) is 0 Å². The molecule has 0 fully saturated rings. The molecule has 2 aromatic rings. The Morgan fingerprint density at radius 2 is 1.94 bits per heavy atom. The molecule has 1 aliphatic rings. The lowest BCUT2D eigenvalue weighted by Crippen LogP contribution is -2.44. The Bertz CT molecular complexity index is 583. The van der Waals surface area contributed by atoms with Crippen LogP contribution in [-0.4, -0.2) is 17.9 Å². The molecule has 90 valence electrons. The number of fused-ring (bicyclic) bond motifs is 1. The molecular weight excluding hydrogens is 226 g/mol. The maximum Gasteiger partial charge on any atom is 0.255 e. The normalized spacial score (nSPS) is 18.2. The van der Waals surface area contributed by atoms with Crippen LogP contribution in [-0.2, 0) is 0 Å². The number of pyridine rings is 1. The number of hydrogen-bond donors (Lipinski definition) is 1. The molecule has 0 spiro atoms. The molecule has 1 aromatic heterocycles. The van der Waals surface area contributed by atoms with Gasteiger partial charge in [-0.3, -0.25) is 9.78 Å². The average Bonchev–Trinajstić information content (AvgIpc) is 2.44. The third-order valence-electron chi connectivity index (χ3n) is 3.15. The number of aromatic nitrogens is 1. The molecule has 1 N–H and O–H groups in total. The van der Waals surface area contributed by atoms with Crippen molar-refractivity contribution < 1.29 is 4.79 Å². The number of anilines is 1. The largest absolute Gasteiger partial charge is 0.349 e. The van der Waals surface area contributed by atoms with Gasteiger partial charge in [0, 0.05) is 13.2 Å². The fourth-order valence-electron chi connectivity index (χ4n) is 2.22. The van der Waals surface area contributed by atoms with E-state index in [0.717, 1.165) is 11.4 Å². The molecule has 1 aliphatic heterocycles. The van der Waals surface area contributed by atoms with Crippen molar-refractivity contribution in [3.05, 3.63) is 59.9 Å². The number of nitrogens with zero attached hydrogens (tertiary/aromatic N) is 2. The van der Waals surface area contributed by atoms with Gasteiger partial charge in [0.15, 0.2) is 0 Å². The lowest BCUT2D eigenvalue weighted by molar-refractivity contribution is 0.0927. The Morgan fingerprint density at radius 1 is 1.17 bits per heavy atom. The van der Waals surface area contributed by atoms with Gasteiger partial charge in [-0.25, -0.2) is 0 Å². The molecule has 0 bridgehead atoms. The monoisotopic (exact) mass is 239 g/mol. The molecular formula is C14H13N3O. The van der Waals surface area contributed by atoms with Gasteiger partial charge in [0.1, 0.15) is 6.17 Å². The SMILES string of the molecule is CN1c2ccccc2C(=O)NC1c1ccccn1. The van der Waals surface area contributed by atoms with E-state index >= 15 is 0 Å². The van der Waals surface area contributed by atoms with E-state index in [9.17, 15) is 4.79 Å². The first-order valence-corrected chi connectivity index (χ1v) is 5.81. The van der Waals surface area contributed by atoms with Crippen molar-refractivity contribution in [2.45, 2.75) is 6.17 Å². The Morgan fingerprint density at radius 3 is 2.72 bits per heavy atom. The van der Waals surface area contributed by atoms with Gasteiger partial charge in [0.2, 0.25) is 0 Å². The maximum absolute atomic E-state index is 12.0. The van der Waals surface area contributed by atoms with Gasteiger partial charge in [0.25, 0.3) is 5.91 Å². The van der Waals surface area contributed by atoms with Crippen LogP contribution >= 0.6 is 0 Å². The molecule has 1 aromatic carbocycles. The Kier molecular flexibility index (Phi) is 2.48. The zero-order valence-electron chi connectivity index (χ0n) is 10.00. The standard InChI is InChI=1S/C14H13N3O/c1-17-12-8-3-2-6-10(12)14(18)16-13(17)11-7-4-5-9-15-11/h2-9,13H,1H3,(H,16,18). The zero-order valence-corrected chi connectivity index (χ0v) is 10.00. The van der Waals surface area contributed by atoms with Crippen molar-refractivity contribution in [2.75, 3.05) is 11.9 Å². The smallest absolute Gasteiger partial charge is 0.255 e. The Hall–Kier alpha value is -2.36. The van der Waals surface area contributed by atoms with E-state index in [-0.39, 0.29) is 12.1 Å². The number of nitrogens with one attached hydrogen (secondary N) is 1. The van der Waals surface area contributed by atoms with Crippen molar-refractivity contribution >= 4 is 11.6 Å². The summed E-state index contributed by atoms with van der Waals surface area (Å²) in [6.45, 7) is 0. The van der Waals surface area contributed by atoms with Crippen LogP contribution in [0.15, 0.2) is 48.7 Å². The van der Waals surface area contributed by atoms with Crippen LogP contribution in [0.1, 0.15) is 22.2 Å².